The topological polar surface area (TPSA) is 41.1 Å². The highest BCUT2D eigenvalue weighted by Gasteiger charge is 2.26. The summed E-state index contributed by atoms with van der Waals surface area (Å²) in [6.45, 7) is 0. The number of anilines is 2. The monoisotopic (exact) mass is 192 g/mol. The molecule has 76 valence electrons. The third-order valence-corrected chi connectivity index (χ3v) is 2.39. The Bertz CT molecular complexity index is 311. The van der Waals surface area contributed by atoms with E-state index in [9.17, 15) is 0 Å². The molecule has 1 heterocycles. The molecule has 1 fully saturated rings. The molecule has 0 radical (unpaired) electrons. The summed E-state index contributed by atoms with van der Waals surface area (Å²) >= 11 is 0. The van der Waals surface area contributed by atoms with Crippen LogP contribution in [0.15, 0.2) is 6.07 Å². The maximum Gasteiger partial charge on any atom is 0.227 e. The fourth-order valence-corrected chi connectivity index (χ4v) is 1.37. The van der Waals surface area contributed by atoms with E-state index in [0.717, 1.165) is 11.8 Å². The molecule has 0 aliphatic heterocycles. The number of nitrogens with one attached hydrogen (secondary N) is 1. The molecule has 1 N–H and O–H groups in total. The molecule has 0 aromatic carbocycles. The van der Waals surface area contributed by atoms with Crippen LogP contribution >= 0.6 is 0 Å². The summed E-state index contributed by atoms with van der Waals surface area (Å²) in [6, 6.07) is 2.05. The standard InChI is InChI=1S/C10H16N4/c1-11-9-6-8(7-4-5-7)12-10(13-9)14(2)3/h6-7H,4-5H2,1-3H3,(H,11,12,13). The van der Waals surface area contributed by atoms with Crippen LogP contribution in [0, 0.1) is 0 Å². The molecular formula is C10H16N4. The van der Waals surface area contributed by atoms with E-state index < -0.39 is 0 Å². The maximum absolute atomic E-state index is 4.52. The van der Waals surface area contributed by atoms with E-state index in [2.05, 4.69) is 15.3 Å². The summed E-state index contributed by atoms with van der Waals surface area (Å²) in [5.74, 6) is 2.37. The number of aromatic nitrogens is 2. The first-order chi connectivity index (χ1) is 6.70. The molecule has 1 aromatic heterocycles. The van der Waals surface area contributed by atoms with E-state index in [1.807, 2.05) is 32.1 Å². The molecule has 0 atom stereocenters. The SMILES string of the molecule is CNc1cc(C2CC2)nc(N(C)C)n1. The van der Waals surface area contributed by atoms with E-state index in [1.165, 1.54) is 18.5 Å². The van der Waals surface area contributed by atoms with Crippen molar-refractivity contribution in [2.45, 2.75) is 18.8 Å². The summed E-state index contributed by atoms with van der Waals surface area (Å²) in [7, 11) is 5.81. The van der Waals surface area contributed by atoms with Gasteiger partial charge in [0.25, 0.3) is 0 Å². The summed E-state index contributed by atoms with van der Waals surface area (Å²) in [6.07, 6.45) is 2.54. The van der Waals surface area contributed by atoms with Crippen LogP contribution in [0.3, 0.4) is 0 Å². The fourth-order valence-electron chi connectivity index (χ4n) is 1.37. The maximum atomic E-state index is 4.52. The molecule has 4 heteroatoms. The van der Waals surface area contributed by atoms with Crippen molar-refractivity contribution in [2.24, 2.45) is 0 Å². The largest absolute Gasteiger partial charge is 0.373 e. The molecule has 4 nitrogen and oxygen atoms in total. The predicted octanol–water partition coefficient (Wildman–Crippen LogP) is 1.46. The fraction of sp³-hybridized carbons (Fsp3) is 0.600. The van der Waals surface area contributed by atoms with Crippen molar-refractivity contribution in [1.29, 1.82) is 0 Å². The van der Waals surface area contributed by atoms with E-state index in [-0.39, 0.29) is 0 Å². The summed E-state index contributed by atoms with van der Waals surface area (Å²) in [4.78, 5) is 10.8. The van der Waals surface area contributed by atoms with Gasteiger partial charge in [-0.2, -0.15) is 4.98 Å². The van der Waals surface area contributed by atoms with Gasteiger partial charge in [0.05, 0.1) is 5.69 Å². The first kappa shape index (κ1) is 9.24. The van der Waals surface area contributed by atoms with Gasteiger partial charge < -0.3 is 10.2 Å². The molecule has 1 aromatic rings. The first-order valence-electron chi connectivity index (χ1n) is 4.94. The Morgan fingerprint density at radius 1 is 1.36 bits per heavy atom. The summed E-state index contributed by atoms with van der Waals surface area (Å²) in [5, 5.41) is 3.07. The third-order valence-electron chi connectivity index (χ3n) is 2.39. The zero-order valence-corrected chi connectivity index (χ0v) is 8.91. The van der Waals surface area contributed by atoms with Crippen molar-refractivity contribution in [2.75, 3.05) is 31.4 Å². The van der Waals surface area contributed by atoms with Gasteiger partial charge in [0.1, 0.15) is 5.82 Å². The number of rotatable bonds is 3. The molecule has 0 spiro atoms. The van der Waals surface area contributed by atoms with Crippen molar-refractivity contribution < 1.29 is 0 Å². The predicted molar refractivity (Wildman–Crippen MR) is 57.9 cm³/mol. The second-order valence-corrected chi connectivity index (χ2v) is 3.90. The molecule has 0 unspecified atom stereocenters. The van der Waals surface area contributed by atoms with E-state index in [1.54, 1.807) is 0 Å². The molecule has 1 saturated carbocycles. The van der Waals surface area contributed by atoms with Crippen LogP contribution in [0.5, 0.6) is 0 Å². The Morgan fingerprint density at radius 3 is 2.57 bits per heavy atom. The van der Waals surface area contributed by atoms with E-state index in [0.29, 0.717) is 5.92 Å². The van der Waals surface area contributed by atoms with Crippen molar-refractivity contribution in [3.05, 3.63) is 11.8 Å². The molecule has 14 heavy (non-hydrogen) atoms. The van der Waals surface area contributed by atoms with Gasteiger partial charge in [-0.3, -0.25) is 0 Å². The normalized spacial score (nSPS) is 15.4. The molecular weight excluding hydrogens is 176 g/mol. The zero-order valence-electron chi connectivity index (χ0n) is 8.91. The van der Waals surface area contributed by atoms with Gasteiger partial charge in [0.15, 0.2) is 0 Å². The minimum Gasteiger partial charge on any atom is -0.373 e. The molecule has 0 bridgehead atoms. The van der Waals surface area contributed by atoms with Crippen LogP contribution in [0.4, 0.5) is 11.8 Å². The Balaban J connectivity index is 2.35. The molecule has 0 amide bonds. The Morgan fingerprint density at radius 2 is 2.07 bits per heavy atom. The lowest BCUT2D eigenvalue weighted by Crippen LogP contribution is -2.14. The number of hydrogen-bond donors (Lipinski definition) is 1. The minimum atomic E-state index is 0.670. The van der Waals surface area contributed by atoms with Crippen LogP contribution in [0.25, 0.3) is 0 Å². The Kier molecular flexibility index (Phi) is 2.27. The van der Waals surface area contributed by atoms with Gasteiger partial charge >= 0.3 is 0 Å². The van der Waals surface area contributed by atoms with Crippen molar-refractivity contribution >= 4 is 11.8 Å². The van der Waals surface area contributed by atoms with Gasteiger partial charge in [-0.25, -0.2) is 4.98 Å². The van der Waals surface area contributed by atoms with Crippen LogP contribution in [0.2, 0.25) is 0 Å². The lowest BCUT2D eigenvalue weighted by molar-refractivity contribution is 0.934. The lowest BCUT2D eigenvalue weighted by Gasteiger charge is -2.12. The smallest absolute Gasteiger partial charge is 0.227 e. The van der Waals surface area contributed by atoms with Gasteiger partial charge in [0, 0.05) is 33.1 Å². The van der Waals surface area contributed by atoms with Gasteiger partial charge in [-0.15, -0.1) is 0 Å². The van der Waals surface area contributed by atoms with Crippen LogP contribution in [-0.2, 0) is 0 Å². The Labute approximate surface area is 84.4 Å². The highest BCUT2D eigenvalue weighted by molar-refractivity contribution is 5.44. The second-order valence-electron chi connectivity index (χ2n) is 3.90. The van der Waals surface area contributed by atoms with E-state index in [4.69, 9.17) is 0 Å². The molecule has 2 rings (SSSR count). The highest BCUT2D eigenvalue weighted by atomic mass is 15.2. The van der Waals surface area contributed by atoms with Crippen molar-refractivity contribution in [1.82, 2.24) is 9.97 Å². The van der Waals surface area contributed by atoms with Crippen LogP contribution < -0.4 is 10.2 Å². The first-order valence-corrected chi connectivity index (χ1v) is 4.94. The average molecular weight is 192 g/mol. The average Bonchev–Trinajstić information content (AvgIpc) is 3.00. The zero-order chi connectivity index (χ0) is 10.1. The quantitative estimate of drug-likeness (QED) is 0.787. The van der Waals surface area contributed by atoms with Crippen LogP contribution in [0.1, 0.15) is 24.5 Å². The highest BCUT2D eigenvalue weighted by Crippen LogP contribution is 2.39. The molecule has 1 aliphatic carbocycles. The van der Waals surface area contributed by atoms with Crippen molar-refractivity contribution in [3.63, 3.8) is 0 Å². The van der Waals surface area contributed by atoms with Crippen LogP contribution in [-0.4, -0.2) is 31.1 Å². The third kappa shape index (κ3) is 1.78. The summed E-state index contributed by atoms with van der Waals surface area (Å²) < 4.78 is 0. The Hall–Kier alpha value is -1.32. The second kappa shape index (κ2) is 3.44. The molecule has 0 saturated heterocycles. The lowest BCUT2D eigenvalue weighted by atomic mass is 10.3. The summed E-state index contributed by atoms with van der Waals surface area (Å²) in [5.41, 5.74) is 1.17. The van der Waals surface area contributed by atoms with E-state index >= 15 is 0 Å². The minimum absolute atomic E-state index is 0.670. The van der Waals surface area contributed by atoms with Gasteiger partial charge in [0.2, 0.25) is 5.95 Å². The molecule has 1 aliphatic rings. The van der Waals surface area contributed by atoms with Gasteiger partial charge in [-0.1, -0.05) is 0 Å². The number of nitrogens with zero attached hydrogens (tertiary/aromatic N) is 3. The van der Waals surface area contributed by atoms with Gasteiger partial charge in [-0.05, 0) is 12.8 Å². The van der Waals surface area contributed by atoms with Crippen molar-refractivity contribution in [3.8, 4) is 0 Å². The number of hydrogen-bond acceptors (Lipinski definition) is 4.